The van der Waals surface area contributed by atoms with Gasteiger partial charge in [-0.1, -0.05) is 13.8 Å². The van der Waals surface area contributed by atoms with Gasteiger partial charge in [0.05, 0.1) is 6.42 Å². The van der Waals surface area contributed by atoms with Gasteiger partial charge >= 0.3 is 5.97 Å². The van der Waals surface area contributed by atoms with E-state index in [1.54, 1.807) is 25.5 Å². The van der Waals surface area contributed by atoms with Crippen molar-refractivity contribution in [3.8, 4) is 0 Å². The molecular formula is C20H23F2N3O5. The zero-order valence-electron chi connectivity index (χ0n) is 16.7. The first-order chi connectivity index (χ1) is 14.0. The molecule has 0 bridgehead atoms. The quantitative estimate of drug-likeness (QED) is 0.566. The first-order valence-corrected chi connectivity index (χ1v) is 9.21. The number of aryl methyl sites for hydroxylation is 1. The van der Waals surface area contributed by atoms with Gasteiger partial charge in [-0.05, 0) is 30.2 Å². The Morgan fingerprint density at radius 2 is 1.80 bits per heavy atom. The van der Waals surface area contributed by atoms with E-state index in [0.717, 1.165) is 0 Å². The fourth-order valence-electron chi connectivity index (χ4n) is 3.06. The number of aromatic nitrogens is 1. The fraction of sp³-hybridized carbons (Fsp3) is 0.400. The Morgan fingerprint density at radius 3 is 2.37 bits per heavy atom. The maximum atomic E-state index is 13.4. The standard InChI is InChI=1S/C20H23F2N3O5/c1-10(2)18(20(30)23-13(8-17(27)28)16(26)9-21)24-19(29)15-7-11-6-12(22)4-5-14(11)25(15)3/h4-7,10,13,18H,8-9H2,1-3H3,(H,23,30)(H,24,29)(H,27,28)/t13?,18-/m0/s1. The van der Waals surface area contributed by atoms with Crippen molar-refractivity contribution in [3.05, 3.63) is 35.8 Å². The summed E-state index contributed by atoms with van der Waals surface area (Å²) in [7, 11) is 1.61. The first-order valence-electron chi connectivity index (χ1n) is 9.21. The number of amides is 2. The SMILES string of the molecule is CC(C)[C@H](NC(=O)c1cc2cc(F)ccc2n1C)C(=O)NC(CC(=O)O)C(=O)CF. The van der Waals surface area contributed by atoms with Crippen LogP contribution in [-0.4, -0.2) is 52.0 Å². The monoisotopic (exact) mass is 423 g/mol. The molecule has 0 radical (unpaired) electrons. The minimum Gasteiger partial charge on any atom is -0.481 e. The van der Waals surface area contributed by atoms with Crippen LogP contribution in [0.25, 0.3) is 10.9 Å². The molecule has 0 aliphatic carbocycles. The van der Waals surface area contributed by atoms with E-state index in [9.17, 15) is 28.0 Å². The third kappa shape index (κ3) is 5.19. The highest BCUT2D eigenvalue weighted by Crippen LogP contribution is 2.20. The molecule has 0 saturated carbocycles. The summed E-state index contributed by atoms with van der Waals surface area (Å²) < 4.78 is 27.7. The molecule has 1 unspecified atom stereocenters. The average molecular weight is 423 g/mol. The third-order valence-electron chi connectivity index (χ3n) is 4.69. The van der Waals surface area contributed by atoms with E-state index in [4.69, 9.17) is 5.11 Å². The van der Waals surface area contributed by atoms with Crippen LogP contribution in [0.1, 0.15) is 30.8 Å². The molecule has 1 heterocycles. The van der Waals surface area contributed by atoms with Gasteiger partial charge in [-0.15, -0.1) is 0 Å². The van der Waals surface area contributed by atoms with Gasteiger partial charge in [0, 0.05) is 18.0 Å². The van der Waals surface area contributed by atoms with Crippen molar-refractivity contribution in [2.45, 2.75) is 32.4 Å². The largest absolute Gasteiger partial charge is 0.481 e. The number of carboxylic acid groups (broad SMARTS) is 1. The van der Waals surface area contributed by atoms with Gasteiger partial charge in [-0.3, -0.25) is 19.2 Å². The molecule has 3 N–H and O–H groups in total. The van der Waals surface area contributed by atoms with E-state index in [2.05, 4.69) is 10.6 Å². The van der Waals surface area contributed by atoms with Crippen LogP contribution < -0.4 is 10.6 Å². The maximum absolute atomic E-state index is 13.4. The summed E-state index contributed by atoms with van der Waals surface area (Å²) in [6.45, 7) is 1.86. The van der Waals surface area contributed by atoms with Crippen molar-refractivity contribution >= 4 is 34.5 Å². The zero-order valence-corrected chi connectivity index (χ0v) is 16.7. The number of aliphatic carboxylic acids is 1. The van der Waals surface area contributed by atoms with Gasteiger partial charge in [-0.25, -0.2) is 8.78 Å². The van der Waals surface area contributed by atoms with E-state index >= 15 is 0 Å². The molecule has 2 aromatic rings. The van der Waals surface area contributed by atoms with Gasteiger partial charge < -0.3 is 20.3 Å². The molecule has 10 heteroatoms. The van der Waals surface area contributed by atoms with Crippen LogP contribution in [0, 0.1) is 11.7 Å². The number of Topliss-reactive ketones (excluding diaryl/α,β-unsaturated/α-hetero) is 1. The van der Waals surface area contributed by atoms with Crippen LogP contribution in [0.5, 0.6) is 0 Å². The summed E-state index contributed by atoms with van der Waals surface area (Å²) in [5.74, 6) is -4.76. The highest BCUT2D eigenvalue weighted by molar-refractivity contribution is 6.01. The van der Waals surface area contributed by atoms with Crippen molar-refractivity contribution in [2.24, 2.45) is 13.0 Å². The van der Waals surface area contributed by atoms with Crippen LogP contribution in [0.2, 0.25) is 0 Å². The minimum atomic E-state index is -1.54. The maximum Gasteiger partial charge on any atom is 0.305 e. The Bertz CT molecular complexity index is 986. The van der Waals surface area contributed by atoms with E-state index in [1.165, 1.54) is 24.3 Å². The second-order valence-corrected chi connectivity index (χ2v) is 7.25. The third-order valence-corrected chi connectivity index (χ3v) is 4.69. The number of carbonyl (C=O) groups excluding carboxylic acids is 3. The topological polar surface area (TPSA) is 118 Å². The Morgan fingerprint density at radius 1 is 1.13 bits per heavy atom. The molecule has 162 valence electrons. The van der Waals surface area contributed by atoms with Crippen LogP contribution in [-0.2, 0) is 21.4 Å². The molecule has 0 aliphatic rings. The number of rotatable bonds is 9. The highest BCUT2D eigenvalue weighted by Gasteiger charge is 2.30. The molecule has 0 aliphatic heterocycles. The molecule has 2 atom stereocenters. The highest BCUT2D eigenvalue weighted by atomic mass is 19.1. The lowest BCUT2D eigenvalue weighted by Crippen LogP contribution is -2.54. The number of ketones is 1. The summed E-state index contributed by atoms with van der Waals surface area (Å²) in [5.41, 5.74) is 0.790. The zero-order chi connectivity index (χ0) is 22.6. The molecule has 0 saturated heterocycles. The number of alkyl halides is 1. The second-order valence-electron chi connectivity index (χ2n) is 7.25. The number of nitrogens with zero attached hydrogens (tertiary/aromatic N) is 1. The predicted octanol–water partition coefficient (Wildman–Crippen LogP) is 1.57. The van der Waals surface area contributed by atoms with Crippen LogP contribution in [0.15, 0.2) is 24.3 Å². The summed E-state index contributed by atoms with van der Waals surface area (Å²) in [5, 5.41) is 14.1. The van der Waals surface area contributed by atoms with Gasteiger partial charge in [0.25, 0.3) is 5.91 Å². The number of hydrogen-bond donors (Lipinski definition) is 3. The lowest BCUT2D eigenvalue weighted by Gasteiger charge is -2.24. The predicted molar refractivity (Wildman–Crippen MR) is 104 cm³/mol. The van der Waals surface area contributed by atoms with Crippen LogP contribution in [0.4, 0.5) is 8.78 Å². The number of halogens is 2. The normalized spacial score (nSPS) is 13.1. The Hall–Kier alpha value is -3.30. The van der Waals surface area contributed by atoms with Gasteiger partial charge in [0.15, 0.2) is 5.78 Å². The summed E-state index contributed by atoms with van der Waals surface area (Å²) in [6, 6.07) is 2.88. The number of hydrogen-bond acceptors (Lipinski definition) is 4. The van der Waals surface area contributed by atoms with Crippen molar-refractivity contribution in [1.82, 2.24) is 15.2 Å². The summed E-state index contributed by atoms with van der Waals surface area (Å²) in [4.78, 5) is 47.9. The Kier molecular flexibility index (Phi) is 7.25. The molecule has 0 spiro atoms. The molecule has 0 fully saturated rings. The minimum absolute atomic E-state index is 0.177. The van der Waals surface area contributed by atoms with E-state index < -0.39 is 60.5 Å². The van der Waals surface area contributed by atoms with Crippen molar-refractivity contribution in [3.63, 3.8) is 0 Å². The molecule has 8 nitrogen and oxygen atoms in total. The van der Waals surface area contributed by atoms with Crippen molar-refractivity contribution < 1.29 is 33.1 Å². The lowest BCUT2D eigenvalue weighted by molar-refractivity contribution is -0.140. The molecule has 1 aromatic carbocycles. The number of benzene rings is 1. The first kappa shape index (κ1) is 23.0. The van der Waals surface area contributed by atoms with Gasteiger partial charge in [-0.2, -0.15) is 0 Å². The van der Waals surface area contributed by atoms with E-state index in [1.807, 2.05) is 0 Å². The van der Waals surface area contributed by atoms with Gasteiger partial charge in [0.1, 0.15) is 30.3 Å². The second kappa shape index (κ2) is 9.47. The number of nitrogens with one attached hydrogen (secondary N) is 2. The molecule has 1 aromatic heterocycles. The van der Waals surface area contributed by atoms with E-state index in [0.29, 0.717) is 10.9 Å². The Balaban J connectivity index is 2.23. The average Bonchev–Trinajstić information content (AvgIpc) is 2.99. The number of carboxylic acids is 1. The number of carbonyl (C=O) groups is 4. The van der Waals surface area contributed by atoms with E-state index in [-0.39, 0.29) is 5.69 Å². The molecule has 30 heavy (non-hydrogen) atoms. The lowest BCUT2D eigenvalue weighted by atomic mass is 10.0. The smallest absolute Gasteiger partial charge is 0.305 e. The fourth-order valence-corrected chi connectivity index (χ4v) is 3.06. The molecule has 2 amide bonds. The molecular weight excluding hydrogens is 400 g/mol. The van der Waals surface area contributed by atoms with Crippen molar-refractivity contribution in [2.75, 3.05) is 6.67 Å². The summed E-state index contributed by atoms with van der Waals surface area (Å²) >= 11 is 0. The van der Waals surface area contributed by atoms with Crippen molar-refractivity contribution in [1.29, 1.82) is 0 Å². The Labute approximate surface area is 171 Å². The molecule has 2 rings (SSSR count). The number of fused-ring (bicyclic) bond motifs is 1. The summed E-state index contributed by atoms with van der Waals surface area (Å²) in [6.07, 6.45) is -0.776. The van der Waals surface area contributed by atoms with Crippen LogP contribution >= 0.6 is 0 Å². The van der Waals surface area contributed by atoms with Gasteiger partial charge in [0.2, 0.25) is 5.91 Å². The van der Waals surface area contributed by atoms with Crippen LogP contribution in [0.3, 0.4) is 0 Å².